The molecule has 76 valence electrons. The van der Waals surface area contributed by atoms with Crippen LogP contribution in [-0.2, 0) is 0 Å². The zero-order valence-electron chi connectivity index (χ0n) is 8.81. The number of nitrogens with one attached hydrogen (secondary N) is 1. The van der Waals surface area contributed by atoms with Crippen molar-refractivity contribution in [3.63, 3.8) is 0 Å². The van der Waals surface area contributed by atoms with E-state index < -0.39 is 0 Å². The quantitative estimate of drug-likeness (QED) is 0.701. The van der Waals surface area contributed by atoms with Crippen molar-refractivity contribution >= 4 is 17.2 Å². The molecule has 0 aromatic heterocycles. The van der Waals surface area contributed by atoms with E-state index in [1.54, 1.807) is 0 Å². The molecule has 0 amide bonds. The van der Waals surface area contributed by atoms with Crippen LogP contribution in [0.15, 0.2) is 0 Å². The van der Waals surface area contributed by atoms with Gasteiger partial charge in [-0.2, -0.15) is 0 Å². The average molecular weight is 199 g/mol. The van der Waals surface area contributed by atoms with Gasteiger partial charge in [-0.05, 0) is 38.5 Å². The first-order valence-corrected chi connectivity index (χ1v) is 5.96. The van der Waals surface area contributed by atoms with Crippen LogP contribution in [0.3, 0.4) is 0 Å². The van der Waals surface area contributed by atoms with Gasteiger partial charge in [-0.15, -0.1) is 0 Å². The third kappa shape index (κ3) is 3.26. The predicted molar refractivity (Wildman–Crippen MR) is 62.0 cm³/mol. The molecule has 1 saturated carbocycles. The first-order valence-electron chi connectivity index (χ1n) is 5.55. The normalized spacial score (nSPS) is 28.5. The molecule has 0 unspecified atom stereocenters. The minimum absolute atomic E-state index is 0.678. The van der Waals surface area contributed by atoms with E-state index in [4.69, 9.17) is 12.2 Å². The molecule has 0 bridgehead atoms. The van der Waals surface area contributed by atoms with Gasteiger partial charge in [0.25, 0.3) is 0 Å². The summed E-state index contributed by atoms with van der Waals surface area (Å²) in [6.07, 6.45) is 6.73. The Kier molecular flexibility index (Phi) is 4.71. The molecular formula is C11H21NS. The molecule has 1 aliphatic carbocycles. The lowest BCUT2D eigenvalue weighted by Gasteiger charge is -2.28. The molecule has 1 nitrogen and oxygen atoms in total. The molecule has 0 radical (unpaired) electrons. The maximum absolute atomic E-state index is 5.34. The Bertz CT molecular complexity index is 159. The van der Waals surface area contributed by atoms with E-state index in [-0.39, 0.29) is 0 Å². The molecule has 1 aliphatic rings. The highest BCUT2D eigenvalue weighted by Gasteiger charge is 2.22. The Balaban J connectivity index is 2.28. The maximum Gasteiger partial charge on any atom is 0.0784 e. The first kappa shape index (κ1) is 11.0. The second-order valence-electron chi connectivity index (χ2n) is 4.02. The zero-order chi connectivity index (χ0) is 9.68. The second-order valence-corrected chi connectivity index (χ2v) is 4.46. The van der Waals surface area contributed by atoms with Gasteiger partial charge in [-0.25, -0.2) is 0 Å². The molecule has 0 aromatic rings. The molecular weight excluding hydrogens is 178 g/mol. The van der Waals surface area contributed by atoms with Crippen LogP contribution in [0.1, 0.15) is 46.0 Å². The van der Waals surface area contributed by atoms with Crippen LogP contribution in [0.4, 0.5) is 0 Å². The van der Waals surface area contributed by atoms with Crippen LogP contribution in [0.2, 0.25) is 0 Å². The summed E-state index contributed by atoms with van der Waals surface area (Å²) in [5.41, 5.74) is 0. The lowest BCUT2D eigenvalue weighted by Crippen LogP contribution is -2.31. The predicted octanol–water partition coefficient (Wildman–Crippen LogP) is 3.14. The summed E-state index contributed by atoms with van der Waals surface area (Å²) < 4.78 is 0. The standard InChI is InChI=1S/C11H21NS/c1-3-9-5-7-10(8-6-9)11(13)12-4-2/h9-10H,3-8H2,1-2H3,(H,12,13). The Morgan fingerprint density at radius 1 is 1.23 bits per heavy atom. The van der Waals surface area contributed by atoms with Crippen molar-refractivity contribution in [2.45, 2.75) is 46.0 Å². The van der Waals surface area contributed by atoms with Crippen LogP contribution in [-0.4, -0.2) is 11.5 Å². The third-order valence-electron chi connectivity index (χ3n) is 3.15. The largest absolute Gasteiger partial charge is 0.380 e. The average Bonchev–Trinajstić information content (AvgIpc) is 2.18. The fraction of sp³-hybridized carbons (Fsp3) is 0.909. The highest BCUT2D eigenvalue weighted by Crippen LogP contribution is 2.30. The number of rotatable bonds is 3. The van der Waals surface area contributed by atoms with E-state index in [0.29, 0.717) is 5.92 Å². The van der Waals surface area contributed by atoms with E-state index >= 15 is 0 Å². The molecule has 1 N–H and O–H groups in total. The monoisotopic (exact) mass is 199 g/mol. The van der Waals surface area contributed by atoms with Gasteiger partial charge in [0.1, 0.15) is 0 Å². The van der Waals surface area contributed by atoms with E-state index in [1.165, 1.54) is 32.1 Å². The van der Waals surface area contributed by atoms with Crippen molar-refractivity contribution in [1.82, 2.24) is 5.32 Å². The van der Waals surface area contributed by atoms with Crippen molar-refractivity contribution < 1.29 is 0 Å². The molecule has 0 saturated heterocycles. The Labute approximate surface area is 87.3 Å². The Morgan fingerprint density at radius 2 is 1.85 bits per heavy atom. The minimum atomic E-state index is 0.678. The lowest BCUT2D eigenvalue weighted by molar-refractivity contribution is 0.314. The van der Waals surface area contributed by atoms with Crippen molar-refractivity contribution in [2.75, 3.05) is 6.54 Å². The summed E-state index contributed by atoms with van der Waals surface area (Å²) in [6, 6.07) is 0. The van der Waals surface area contributed by atoms with Crippen LogP contribution in [0.25, 0.3) is 0 Å². The molecule has 0 spiro atoms. The van der Waals surface area contributed by atoms with E-state index in [2.05, 4.69) is 19.2 Å². The summed E-state index contributed by atoms with van der Waals surface area (Å²) in [5.74, 6) is 1.65. The van der Waals surface area contributed by atoms with Gasteiger partial charge in [-0.1, -0.05) is 25.6 Å². The molecule has 13 heavy (non-hydrogen) atoms. The molecule has 0 atom stereocenters. The van der Waals surface area contributed by atoms with Gasteiger partial charge in [0.15, 0.2) is 0 Å². The van der Waals surface area contributed by atoms with Gasteiger partial charge in [0, 0.05) is 12.5 Å². The van der Waals surface area contributed by atoms with E-state index in [9.17, 15) is 0 Å². The highest BCUT2D eigenvalue weighted by molar-refractivity contribution is 7.80. The lowest BCUT2D eigenvalue weighted by atomic mass is 9.81. The zero-order valence-corrected chi connectivity index (χ0v) is 9.62. The summed E-state index contributed by atoms with van der Waals surface area (Å²) in [4.78, 5) is 1.11. The summed E-state index contributed by atoms with van der Waals surface area (Å²) >= 11 is 5.34. The Hall–Kier alpha value is -0.110. The summed E-state index contributed by atoms with van der Waals surface area (Å²) in [7, 11) is 0. The minimum Gasteiger partial charge on any atom is -0.380 e. The van der Waals surface area contributed by atoms with Crippen LogP contribution < -0.4 is 5.32 Å². The SMILES string of the molecule is CCNC(=S)C1CCC(CC)CC1. The molecule has 0 aromatic carbocycles. The number of hydrogen-bond donors (Lipinski definition) is 1. The summed E-state index contributed by atoms with van der Waals surface area (Å²) in [6.45, 7) is 5.39. The van der Waals surface area contributed by atoms with E-state index in [0.717, 1.165) is 17.5 Å². The van der Waals surface area contributed by atoms with Gasteiger partial charge >= 0.3 is 0 Å². The van der Waals surface area contributed by atoms with Gasteiger partial charge in [0.05, 0.1) is 4.99 Å². The molecule has 1 rings (SSSR count). The maximum atomic E-state index is 5.34. The third-order valence-corrected chi connectivity index (χ3v) is 3.62. The fourth-order valence-corrected chi connectivity index (χ4v) is 2.53. The van der Waals surface area contributed by atoms with Crippen molar-refractivity contribution in [3.05, 3.63) is 0 Å². The van der Waals surface area contributed by atoms with Crippen molar-refractivity contribution in [3.8, 4) is 0 Å². The van der Waals surface area contributed by atoms with Gasteiger partial charge in [0.2, 0.25) is 0 Å². The fourth-order valence-electron chi connectivity index (χ4n) is 2.15. The van der Waals surface area contributed by atoms with Crippen LogP contribution in [0, 0.1) is 11.8 Å². The Morgan fingerprint density at radius 3 is 2.31 bits per heavy atom. The smallest absolute Gasteiger partial charge is 0.0784 e. The number of hydrogen-bond acceptors (Lipinski definition) is 1. The van der Waals surface area contributed by atoms with Crippen LogP contribution in [0.5, 0.6) is 0 Å². The first-order chi connectivity index (χ1) is 6.27. The van der Waals surface area contributed by atoms with Gasteiger partial charge < -0.3 is 5.32 Å². The summed E-state index contributed by atoms with van der Waals surface area (Å²) in [5, 5.41) is 3.28. The van der Waals surface area contributed by atoms with Crippen molar-refractivity contribution in [2.24, 2.45) is 11.8 Å². The topological polar surface area (TPSA) is 12.0 Å². The van der Waals surface area contributed by atoms with Gasteiger partial charge in [-0.3, -0.25) is 0 Å². The number of thiocarbonyl (C=S) groups is 1. The van der Waals surface area contributed by atoms with Crippen molar-refractivity contribution in [1.29, 1.82) is 0 Å². The molecule has 0 heterocycles. The molecule has 1 fully saturated rings. The van der Waals surface area contributed by atoms with Crippen LogP contribution >= 0.6 is 12.2 Å². The second kappa shape index (κ2) is 5.58. The highest BCUT2D eigenvalue weighted by atomic mass is 32.1. The molecule has 2 heteroatoms. The van der Waals surface area contributed by atoms with E-state index in [1.807, 2.05) is 0 Å². The molecule has 0 aliphatic heterocycles.